The van der Waals surface area contributed by atoms with Crippen molar-refractivity contribution in [2.24, 2.45) is 4.99 Å². The highest BCUT2D eigenvalue weighted by molar-refractivity contribution is 8.13. The summed E-state index contributed by atoms with van der Waals surface area (Å²) in [5, 5.41) is 1.20. The van der Waals surface area contributed by atoms with Crippen molar-refractivity contribution in [3.63, 3.8) is 0 Å². The van der Waals surface area contributed by atoms with Crippen LogP contribution in [0.3, 0.4) is 0 Å². The fourth-order valence-corrected chi connectivity index (χ4v) is 3.09. The smallest absolute Gasteiger partial charge is 0.278 e. The first-order valence-corrected chi connectivity index (χ1v) is 9.23. The van der Waals surface area contributed by atoms with Crippen molar-refractivity contribution in [1.29, 1.82) is 0 Å². The number of para-hydroxylation sites is 1. The van der Waals surface area contributed by atoms with Crippen molar-refractivity contribution in [3.05, 3.63) is 65.1 Å². The molecule has 0 N–H and O–H groups in total. The third-order valence-corrected chi connectivity index (χ3v) is 4.48. The van der Waals surface area contributed by atoms with Crippen LogP contribution in [0.25, 0.3) is 6.08 Å². The number of carbonyl (C=O) groups is 1. The van der Waals surface area contributed by atoms with Crippen LogP contribution in [-0.2, 0) is 4.79 Å². The van der Waals surface area contributed by atoms with Crippen LogP contribution < -0.4 is 4.74 Å². The highest BCUT2D eigenvalue weighted by Gasteiger charge is 2.29. The minimum atomic E-state index is -0.143. The Morgan fingerprint density at radius 1 is 1.28 bits per heavy atom. The molecule has 1 aromatic heterocycles. The molecular formula is C18H16ClN3O2S. The van der Waals surface area contributed by atoms with Gasteiger partial charge in [-0.3, -0.25) is 14.7 Å². The molecule has 1 amide bonds. The number of aromatic nitrogens is 1. The second kappa shape index (κ2) is 8.18. The molecule has 128 valence electrons. The molecule has 2 heterocycles. The fraction of sp³-hybridized carbons (Fsp3) is 0.167. The number of pyridine rings is 1. The largest absolute Gasteiger partial charge is 0.490 e. The van der Waals surface area contributed by atoms with Gasteiger partial charge in [0.05, 0.1) is 11.6 Å². The summed E-state index contributed by atoms with van der Waals surface area (Å²) in [5.74, 6) is 0.459. The van der Waals surface area contributed by atoms with Gasteiger partial charge in [-0.15, -0.1) is 0 Å². The Balaban J connectivity index is 1.68. The zero-order chi connectivity index (χ0) is 17.6. The number of hydrogen-bond acceptors (Lipinski definition) is 5. The Morgan fingerprint density at radius 2 is 2.12 bits per heavy atom. The third kappa shape index (κ3) is 4.21. The molecule has 0 fully saturated rings. The monoisotopic (exact) mass is 373 g/mol. The SMILES string of the molecule is CSC1=N/C(=C/c2cccnc2)C(=O)N1CCOc1ccccc1Cl. The van der Waals surface area contributed by atoms with Crippen LogP contribution in [0.15, 0.2) is 59.5 Å². The van der Waals surface area contributed by atoms with Crippen molar-refractivity contribution in [3.8, 4) is 5.75 Å². The molecule has 5 nitrogen and oxygen atoms in total. The highest BCUT2D eigenvalue weighted by Crippen LogP contribution is 2.25. The van der Waals surface area contributed by atoms with Gasteiger partial charge in [0.1, 0.15) is 18.1 Å². The summed E-state index contributed by atoms with van der Waals surface area (Å²) in [7, 11) is 0. The molecule has 0 radical (unpaired) electrons. The molecule has 25 heavy (non-hydrogen) atoms. The van der Waals surface area contributed by atoms with E-state index in [1.807, 2.05) is 30.5 Å². The van der Waals surface area contributed by atoms with E-state index in [4.69, 9.17) is 16.3 Å². The van der Waals surface area contributed by atoms with Crippen molar-refractivity contribution in [2.75, 3.05) is 19.4 Å². The van der Waals surface area contributed by atoms with Crippen molar-refractivity contribution in [1.82, 2.24) is 9.88 Å². The molecule has 3 rings (SSSR count). The number of hydrogen-bond donors (Lipinski definition) is 0. The molecule has 0 saturated carbocycles. The summed E-state index contributed by atoms with van der Waals surface area (Å²) in [6, 6.07) is 11.0. The number of amides is 1. The topological polar surface area (TPSA) is 54.8 Å². The summed E-state index contributed by atoms with van der Waals surface area (Å²) >= 11 is 7.49. The number of benzene rings is 1. The van der Waals surface area contributed by atoms with E-state index < -0.39 is 0 Å². The highest BCUT2D eigenvalue weighted by atomic mass is 35.5. The van der Waals surface area contributed by atoms with Gasteiger partial charge in [0.2, 0.25) is 0 Å². The average Bonchev–Trinajstić information content (AvgIpc) is 2.93. The van der Waals surface area contributed by atoms with Gasteiger partial charge in [-0.1, -0.05) is 41.6 Å². The van der Waals surface area contributed by atoms with Crippen LogP contribution in [0.1, 0.15) is 5.56 Å². The molecule has 1 aliphatic rings. The maximum atomic E-state index is 12.6. The van der Waals surface area contributed by atoms with E-state index in [0.717, 1.165) is 5.56 Å². The number of ether oxygens (including phenoxy) is 1. The van der Waals surface area contributed by atoms with Crippen LogP contribution in [0.2, 0.25) is 5.02 Å². The maximum absolute atomic E-state index is 12.6. The Hall–Kier alpha value is -2.31. The van der Waals surface area contributed by atoms with Crippen LogP contribution in [0.5, 0.6) is 5.75 Å². The number of thioether (sulfide) groups is 1. The van der Waals surface area contributed by atoms with Crippen molar-refractivity contribution >= 4 is 40.5 Å². The summed E-state index contributed by atoms with van der Waals surface area (Å²) in [6.45, 7) is 0.726. The van der Waals surface area contributed by atoms with E-state index in [-0.39, 0.29) is 5.91 Å². The predicted octanol–water partition coefficient (Wildman–Crippen LogP) is 3.72. The Labute approximate surface area is 155 Å². The van der Waals surface area contributed by atoms with Gasteiger partial charge in [0, 0.05) is 12.4 Å². The first-order chi connectivity index (χ1) is 12.2. The zero-order valence-corrected chi connectivity index (χ0v) is 15.1. The van der Waals surface area contributed by atoms with Gasteiger partial charge in [0.25, 0.3) is 5.91 Å². The molecule has 0 unspecified atom stereocenters. The molecule has 0 saturated heterocycles. The summed E-state index contributed by atoms with van der Waals surface area (Å²) in [5.41, 5.74) is 1.24. The number of aliphatic imine (C=N–C) groups is 1. The summed E-state index contributed by atoms with van der Waals surface area (Å²) in [4.78, 5) is 22.7. The van der Waals surface area contributed by atoms with Crippen LogP contribution in [0, 0.1) is 0 Å². The lowest BCUT2D eigenvalue weighted by atomic mass is 10.2. The molecule has 0 atom stereocenters. The minimum absolute atomic E-state index is 0.143. The van der Waals surface area contributed by atoms with E-state index >= 15 is 0 Å². The lowest BCUT2D eigenvalue weighted by Gasteiger charge is -2.17. The van der Waals surface area contributed by atoms with Gasteiger partial charge in [0.15, 0.2) is 5.17 Å². The normalized spacial score (nSPS) is 15.6. The standard InChI is InChI=1S/C18H16ClN3O2S/c1-25-18-21-15(11-13-5-4-8-20-12-13)17(23)22(18)9-10-24-16-7-3-2-6-14(16)19/h2-8,11-12H,9-10H2,1H3/b15-11+. The van der Waals surface area contributed by atoms with E-state index in [2.05, 4.69) is 9.98 Å². The van der Waals surface area contributed by atoms with E-state index in [1.54, 1.807) is 35.5 Å². The molecular weight excluding hydrogens is 358 g/mol. The van der Waals surface area contributed by atoms with Gasteiger partial charge in [-0.25, -0.2) is 4.99 Å². The predicted molar refractivity (Wildman–Crippen MR) is 102 cm³/mol. The zero-order valence-electron chi connectivity index (χ0n) is 13.6. The number of nitrogens with zero attached hydrogens (tertiary/aromatic N) is 3. The van der Waals surface area contributed by atoms with E-state index in [9.17, 15) is 4.79 Å². The lowest BCUT2D eigenvalue weighted by molar-refractivity contribution is -0.122. The Morgan fingerprint density at radius 3 is 2.84 bits per heavy atom. The number of amidine groups is 1. The lowest BCUT2D eigenvalue weighted by Crippen LogP contribution is -2.34. The molecule has 1 aliphatic heterocycles. The summed E-state index contributed by atoms with van der Waals surface area (Å²) < 4.78 is 5.67. The second-order valence-electron chi connectivity index (χ2n) is 5.15. The molecule has 7 heteroatoms. The Kier molecular flexibility index (Phi) is 5.73. The third-order valence-electron chi connectivity index (χ3n) is 3.49. The van der Waals surface area contributed by atoms with Gasteiger partial charge >= 0.3 is 0 Å². The number of rotatable bonds is 5. The molecule has 0 spiro atoms. The minimum Gasteiger partial charge on any atom is -0.490 e. The van der Waals surface area contributed by atoms with Crippen molar-refractivity contribution in [2.45, 2.75) is 0 Å². The van der Waals surface area contributed by atoms with Crippen molar-refractivity contribution < 1.29 is 9.53 Å². The molecule has 0 bridgehead atoms. The van der Waals surface area contributed by atoms with Crippen LogP contribution in [0.4, 0.5) is 0 Å². The first-order valence-electron chi connectivity index (χ1n) is 7.62. The summed E-state index contributed by atoms with van der Waals surface area (Å²) in [6.07, 6.45) is 7.01. The average molecular weight is 374 g/mol. The first kappa shape index (κ1) is 17.5. The second-order valence-corrected chi connectivity index (χ2v) is 6.33. The van der Waals surface area contributed by atoms with Gasteiger partial charge in [-0.05, 0) is 36.1 Å². The molecule has 2 aromatic rings. The van der Waals surface area contributed by atoms with Gasteiger partial charge in [-0.2, -0.15) is 0 Å². The van der Waals surface area contributed by atoms with Gasteiger partial charge < -0.3 is 4.74 Å². The number of carbonyl (C=O) groups excluding carboxylic acids is 1. The van der Waals surface area contributed by atoms with Crippen LogP contribution >= 0.6 is 23.4 Å². The number of halogens is 1. The maximum Gasteiger partial charge on any atom is 0.278 e. The quantitative estimate of drug-likeness (QED) is 0.749. The van der Waals surface area contributed by atoms with E-state index in [0.29, 0.717) is 34.8 Å². The van der Waals surface area contributed by atoms with E-state index in [1.165, 1.54) is 11.8 Å². The van der Waals surface area contributed by atoms with Crippen LogP contribution in [-0.4, -0.2) is 40.4 Å². The molecule has 1 aromatic carbocycles. The fourth-order valence-electron chi connectivity index (χ4n) is 2.31. The molecule has 0 aliphatic carbocycles. The Bertz CT molecular complexity index is 824.